The number of carbonyl (C=O) groups is 3. The molecule has 0 aromatic heterocycles. The van der Waals surface area contributed by atoms with Crippen molar-refractivity contribution in [2.45, 2.75) is 6.54 Å². The van der Waals surface area contributed by atoms with Crippen molar-refractivity contribution < 1.29 is 14.4 Å². The highest BCUT2D eigenvalue weighted by molar-refractivity contribution is 6.21. The van der Waals surface area contributed by atoms with Crippen LogP contribution in [0.4, 0.5) is 0 Å². The fourth-order valence-electron chi connectivity index (χ4n) is 2.27. The number of nitrogens with zero attached hydrogens (tertiary/aromatic N) is 1. The smallest absolute Gasteiger partial charge is 0.261 e. The van der Waals surface area contributed by atoms with E-state index in [0.717, 1.165) is 11.8 Å². The maximum Gasteiger partial charge on any atom is 0.261 e. The molecule has 0 unspecified atom stereocenters. The number of benzene rings is 2. The zero-order chi connectivity index (χ0) is 14.1. The van der Waals surface area contributed by atoms with Crippen molar-refractivity contribution in [1.29, 1.82) is 0 Å². The molecule has 2 amide bonds. The zero-order valence-electron chi connectivity index (χ0n) is 10.6. The molecule has 0 atom stereocenters. The van der Waals surface area contributed by atoms with Gasteiger partial charge in [-0.05, 0) is 17.7 Å². The second-order valence-electron chi connectivity index (χ2n) is 4.60. The minimum Gasteiger partial charge on any atom is -0.298 e. The number of hydrogen-bond donors (Lipinski definition) is 0. The Kier molecular flexibility index (Phi) is 2.91. The lowest BCUT2D eigenvalue weighted by molar-refractivity contribution is 0.0642. The molecule has 0 saturated heterocycles. The van der Waals surface area contributed by atoms with Gasteiger partial charge in [-0.2, -0.15) is 0 Å². The fraction of sp³-hybridized carbons (Fsp3) is 0.0625. The SMILES string of the molecule is O=Cc1ccc(CN2C(=O)c3ccccc3C2=O)cc1. The van der Waals surface area contributed by atoms with Crippen LogP contribution in [0, 0.1) is 0 Å². The van der Waals surface area contributed by atoms with E-state index in [1.54, 1.807) is 48.5 Å². The number of amides is 2. The van der Waals surface area contributed by atoms with Crippen LogP contribution in [0.5, 0.6) is 0 Å². The molecule has 0 saturated carbocycles. The van der Waals surface area contributed by atoms with Crippen LogP contribution in [0.3, 0.4) is 0 Å². The number of rotatable bonds is 3. The lowest BCUT2D eigenvalue weighted by Gasteiger charge is -2.13. The molecular weight excluding hydrogens is 254 g/mol. The monoisotopic (exact) mass is 265 g/mol. The lowest BCUT2D eigenvalue weighted by atomic mass is 10.1. The molecule has 2 aromatic rings. The standard InChI is InChI=1S/C16H11NO3/c18-10-12-7-5-11(6-8-12)9-17-15(19)13-3-1-2-4-14(13)16(17)20/h1-8,10H,9H2. The molecule has 0 spiro atoms. The third kappa shape index (κ3) is 1.91. The summed E-state index contributed by atoms with van der Waals surface area (Å²) in [5.41, 5.74) is 2.27. The average molecular weight is 265 g/mol. The number of fused-ring (bicyclic) bond motifs is 1. The Morgan fingerprint density at radius 3 is 1.90 bits per heavy atom. The van der Waals surface area contributed by atoms with Crippen molar-refractivity contribution >= 4 is 18.1 Å². The average Bonchev–Trinajstić information content (AvgIpc) is 2.74. The third-order valence-corrected chi connectivity index (χ3v) is 3.33. The molecule has 1 aliphatic heterocycles. The van der Waals surface area contributed by atoms with E-state index in [1.165, 1.54) is 4.90 Å². The van der Waals surface area contributed by atoms with Gasteiger partial charge in [-0.3, -0.25) is 19.3 Å². The molecule has 4 nitrogen and oxygen atoms in total. The van der Waals surface area contributed by atoms with Gasteiger partial charge in [-0.1, -0.05) is 36.4 Å². The summed E-state index contributed by atoms with van der Waals surface area (Å²) in [7, 11) is 0. The van der Waals surface area contributed by atoms with E-state index in [-0.39, 0.29) is 18.4 Å². The molecule has 20 heavy (non-hydrogen) atoms. The van der Waals surface area contributed by atoms with E-state index in [0.29, 0.717) is 16.7 Å². The van der Waals surface area contributed by atoms with Gasteiger partial charge in [0.1, 0.15) is 6.29 Å². The quantitative estimate of drug-likeness (QED) is 0.632. The Balaban J connectivity index is 1.87. The van der Waals surface area contributed by atoms with Crippen LogP contribution in [-0.4, -0.2) is 23.0 Å². The minimum absolute atomic E-state index is 0.214. The van der Waals surface area contributed by atoms with Crippen LogP contribution < -0.4 is 0 Å². The summed E-state index contributed by atoms with van der Waals surface area (Å²) in [6.45, 7) is 0.214. The van der Waals surface area contributed by atoms with Gasteiger partial charge in [-0.25, -0.2) is 0 Å². The molecular formula is C16H11NO3. The van der Waals surface area contributed by atoms with Crippen molar-refractivity contribution in [2.75, 3.05) is 0 Å². The Morgan fingerprint density at radius 1 is 0.850 bits per heavy atom. The summed E-state index contributed by atoms with van der Waals surface area (Å²) in [6, 6.07) is 13.6. The van der Waals surface area contributed by atoms with Crippen LogP contribution in [0.1, 0.15) is 36.6 Å². The van der Waals surface area contributed by atoms with Crippen LogP contribution >= 0.6 is 0 Å². The number of carbonyl (C=O) groups excluding carboxylic acids is 3. The first kappa shape index (κ1) is 12.3. The number of aldehydes is 1. The molecule has 4 heteroatoms. The Hall–Kier alpha value is -2.75. The highest BCUT2D eigenvalue weighted by Crippen LogP contribution is 2.24. The molecule has 0 aliphatic carbocycles. The van der Waals surface area contributed by atoms with Gasteiger partial charge in [0, 0.05) is 5.56 Å². The van der Waals surface area contributed by atoms with E-state index in [9.17, 15) is 14.4 Å². The largest absolute Gasteiger partial charge is 0.298 e. The Bertz CT molecular complexity index is 669. The van der Waals surface area contributed by atoms with Gasteiger partial charge >= 0.3 is 0 Å². The minimum atomic E-state index is -0.273. The molecule has 0 radical (unpaired) electrons. The molecule has 0 fully saturated rings. The molecule has 0 N–H and O–H groups in total. The summed E-state index contributed by atoms with van der Waals surface area (Å²) < 4.78 is 0. The molecule has 2 aromatic carbocycles. The van der Waals surface area contributed by atoms with Crippen LogP contribution in [0.15, 0.2) is 48.5 Å². The molecule has 1 aliphatic rings. The molecule has 98 valence electrons. The predicted octanol–water partition coefficient (Wildman–Crippen LogP) is 2.30. The van der Waals surface area contributed by atoms with Crippen molar-refractivity contribution in [3.05, 3.63) is 70.8 Å². The topological polar surface area (TPSA) is 54.5 Å². The molecule has 1 heterocycles. The lowest BCUT2D eigenvalue weighted by Crippen LogP contribution is -2.29. The van der Waals surface area contributed by atoms with Crippen LogP contribution in [-0.2, 0) is 6.54 Å². The summed E-state index contributed by atoms with van der Waals surface area (Å²) >= 11 is 0. The number of hydrogen-bond acceptors (Lipinski definition) is 3. The molecule has 0 bridgehead atoms. The first-order chi connectivity index (χ1) is 9.70. The highest BCUT2D eigenvalue weighted by atomic mass is 16.2. The van der Waals surface area contributed by atoms with Gasteiger partial charge in [0.25, 0.3) is 11.8 Å². The van der Waals surface area contributed by atoms with Crippen molar-refractivity contribution in [2.24, 2.45) is 0 Å². The van der Waals surface area contributed by atoms with Crippen LogP contribution in [0.25, 0.3) is 0 Å². The summed E-state index contributed by atoms with van der Waals surface area (Å²) in [6.07, 6.45) is 0.756. The van der Waals surface area contributed by atoms with Gasteiger partial charge < -0.3 is 0 Å². The fourth-order valence-corrected chi connectivity index (χ4v) is 2.27. The van der Waals surface area contributed by atoms with Crippen molar-refractivity contribution in [3.8, 4) is 0 Å². The van der Waals surface area contributed by atoms with Crippen LogP contribution in [0.2, 0.25) is 0 Å². The van der Waals surface area contributed by atoms with Gasteiger partial charge in [0.15, 0.2) is 0 Å². The van der Waals surface area contributed by atoms with E-state index in [4.69, 9.17) is 0 Å². The van der Waals surface area contributed by atoms with E-state index in [1.807, 2.05) is 0 Å². The Morgan fingerprint density at radius 2 is 1.40 bits per heavy atom. The van der Waals surface area contributed by atoms with Crippen molar-refractivity contribution in [3.63, 3.8) is 0 Å². The third-order valence-electron chi connectivity index (χ3n) is 3.33. The van der Waals surface area contributed by atoms with E-state index >= 15 is 0 Å². The van der Waals surface area contributed by atoms with E-state index in [2.05, 4.69) is 0 Å². The van der Waals surface area contributed by atoms with Gasteiger partial charge in [-0.15, -0.1) is 0 Å². The first-order valence-electron chi connectivity index (χ1n) is 6.20. The molecule has 3 rings (SSSR count). The maximum atomic E-state index is 12.2. The summed E-state index contributed by atoms with van der Waals surface area (Å²) in [5.74, 6) is -0.546. The van der Waals surface area contributed by atoms with Gasteiger partial charge in [0.05, 0.1) is 17.7 Å². The highest BCUT2D eigenvalue weighted by Gasteiger charge is 2.34. The normalized spacial score (nSPS) is 13.5. The number of imide groups is 1. The van der Waals surface area contributed by atoms with Crippen molar-refractivity contribution in [1.82, 2.24) is 4.90 Å². The van der Waals surface area contributed by atoms with E-state index < -0.39 is 0 Å². The Labute approximate surface area is 115 Å². The van der Waals surface area contributed by atoms with Gasteiger partial charge in [0.2, 0.25) is 0 Å². The predicted molar refractivity (Wildman–Crippen MR) is 72.5 cm³/mol. The second kappa shape index (κ2) is 4.74. The first-order valence-corrected chi connectivity index (χ1v) is 6.20. The summed E-state index contributed by atoms with van der Waals surface area (Å²) in [4.78, 5) is 36.2. The maximum absolute atomic E-state index is 12.2. The zero-order valence-corrected chi connectivity index (χ0v) is 10.6. The second-order valence-corrected chi connectivity index (χ2v) is 4.60. The summed E-state index contributed by atoms with van der Waals surface area (Å²) in [5, 5.41) is 0.